The molecule has 0 unspecified atom stereocenters. The number of carbonyl (C=O) groups excluding carboxylic acids is 2. The molecule has 0 bridgehead atoms. The quantitative estimate of drug-likeness (QED) is 0.755. The van der Waals surface area contributed by atoms with Gasteiger partial charge in [0.2, 0.25) is 5.90 Å². The normalized spacial score (nSPS) is 21.2. The van der Waals surface area contributed by atoms with E-state index in [1.54, 1.807) is 0 Å². The van der Waals surface area contributed by atoms with E-state index in [0.717, 1.165) is 31.4 Å². The molecule has 170 valence electrons. The monoisotopic (exact) mass is 431 g/mol. The van der Waals surface area contributed by atoms with Gasteiger partial charge in [0, 0.05) is 37.4 Å². The molecule has 1 spiro atoms. The number of nitrogens with zero attached hydrogens (tertiary/aromatic N) is 2. The molecule has 3 aliphatic rings. The predicted octanol–water partition coefficient (Wildman–Crippen LogP) is 4.26. The highest BCUT2D eigenvalue weighted by Crippen LogP contribution is 2.36. The Morgan fingerprint density at radius 3 is 2.52 bits per heavy atom. The topological polar surface area (TPSA) is 93.4 Å². The maximum atomic E-state index is 13.1. The molecule has 1 saturated carbocycles. The summed E-state index contributed by atoms with van der Waals surface area (Å²) in [4.78, 5) is 32.7. The number of hydrogen-bond acceptors (Lipinski definition) is 6. The average Bonchev–Trinajstić information content (AvgIpc) is 3.43. The Bertz CT molecular complexity index is 868. The van der Waals surface area contributed by atoms with E-state index in [1.165, 1.54) is 0 Å². The Kier molecular flexibility index (Phi) is 5.75. The van der Waals surface area contributed by atoms with Crippen LogP contribution in [0.4, 0.5) is 4.79 Å². The highest BCUT2D eigenvalue weighted by atomic mass is 16.7. The van der Waals surface area contributed by atoms with Crippen LogP contribution in [0.3, 0.4) is 0 Å². The van der Waals surface area contributed by atoms with E-state index in [1.807, 2.05) is 17.9 Å². The van der Waals surface area contributed by atoms with E-state index >= 15 is 0 Å². The number of hydrogen-bond donors (Lipinski definition) is 1. The summed E-state index contributed by atoms with van der Waals surface area (Å²) in [5, 5.41) is 6.91. The molecule has 1 aromatic heterocycles. The zero-order valence-electron chi connectivity index (χ0n) is 19.0. The summed E-state index contributed by atoms with van der Waals surface area (Å²) >= 11 is 0. The molecule has 0 aromatic carbocycles. The summed E-state index contributed by atoms with van der Waals surface area (Å²) in [5.74, 6) is 1.76. The third-order valence-corrected chi connectivity index (χ3v) is 6.55. The standard InChI is InChI=1S/C23H33N3O5/c1-15-17(13-18(29-15)22(2,3)4)20(27)26-11-9-23(10-12-26)14-19(25-31-23)30-21(28)24-16-7-5-6-8-16/h13,16H,5-12,14H2,1-4H3,(H,24,28). The van der Waals surface area contributed by atoms with Crippen molar-refractivity contribution < 1.29 is 23.6 Å². The highest BCUT2D eigenvalue weighted by Gasteiger charge is 2.44. The summed E-state index contributed by atoms with van der Waals surface area (Å²) in [6, 6.07) is 2.07. The second-order valence-electron chi connectivity index (χ2n) is 10.1. The number of amides is 2. The van der Waals surface area contributed by atoms with Crippen molar-refractivity contribution in [2.45, 2.75) is 89.7 Å². The molecule has 0 radical (unpaired) electrons. The fourth-order valence-electron chi connectivity index (χ4n) is 4.54. The predicted molar refractivity (Wildman–Crippen MR) is 115 cm³/mol. The van der Waals surface area contributed by atoms with Gasteiger partial charge in [-0.2, -0.15) is 0 Å². The summed E-state index contributed by atoms with van der Waals surface area (Å²) in [6.45, 7) is 9.15. The van der Waals surface area contributed by atoms with Crippen LogP contribution in [-0.4, -0.2) is 47.5 Å². The fraction of sp³-hybridized carbons (Fsp3) is 0.696. The molecule has 4 rings (SSSR count). The van der Waals surface area contributed by atoms with E-state index in [0.29, 0.717) is 49.6 Å². The van der Waals surface area contributed by atoms with Crippen LogP contribution in [0.1, 0.15) is 87.6 Å². The highest BCUT2D eigenvalue weighted by molar-refractivity contribution is 5.95. The first-order valence-electron chi connectivity index (χ1n) is 11.3. The minimum atomic E-state index is -0.498. The number of oxime groups is 1. The van der Waals surface area contributed by atoms with Crippen LogP contribution in [-0.2, 0) is 15.0 Å². The molecule has 31 heavy (non-hydrogen) atoms. The molecule has 1 N–H and O–H groups in total. The minimum absolute atomic E-state index is 0.0158. The molecule has 2 amide bonds. The van der Waals surface area contributed by atoms with E-state index in [-0.39, 0.29) is 17.4 Å². The van der Waals surface area contributed by atoms with Crippen molar-refractivity contribution in [2.24, 2.45) is 5.16 Å². The van der Waals surface area contributed by atoms with E-state index in [4.69, 9.17) is 14.0 Å². The smallest absolute Gasteiger partial charge is 0.414 e. The third kappa shape index (κ3) is 4.72. The molecule has 8 heteroatoms. The van der Waals surface area contributed by atoms with Crippen LogP contribution in [0.5, 0.6) is 0 Å². The van der Waals surface area contributed by atoms with Gasteiger partial charge in [0.1, 0.15) is 17.1 Å². The Hall–Kier alpha value is -2.51. The van der Waals surface area contributed by atoms with Gasteiger partial charge in [-0.15, -0.1) is 0 Å². The maximum absolute atomic E-state index is 13.1. The number of alkyl carbamates (subject to hydrolysis) is 1. The number of piperidine rings is 1. The van der Waals surface area contributed by atoms with Crippen molar-refractivity contribution in [3.8, 4) is 0 Å². The lowest BCUT2D eigenvalue weighted by Gasteiger charge is -2.36. The second kappa shape index (κ2) is 8.20. The molecule has 8 nitrogen and oxygen atoms in total. The van der Waals surface area contributed by atoms with Gasteiger partial charge in [-0.25, -0.2) is 4.79 Å². The van der Waals surface area contributed by atoms with Gasteiger partial charge in [-0.05, 0) is 25.8 Å². The van der Waals surface area contributed by atoms with Crippen molar-refractivity contribution in [2.75, 3.05) is 13.1 Å². The average molecular weight is 432 g/mol. The molecule has 1 aromatic rings. The van der Waals surface area contributed by atoms with E-state index < -0.39 is 11.7 Å². The van der Waals surface area contributed by atoms with Gasteiger partial charge >= 0.3 is 6.09 Å². The van der Waals surface area contributed by atoms with Crippen LogP contribution in [0.15, 0.2) is 15.6 Å². The molecular formula is C23H33N3O5. The number of carbonyl (C=O) groups is 2. The molecular weight excluding hydrogens is 398 g/mol. The fourth-order valence-corrected chi connectivity index (χ4v) is 4.54. The zero-order valence-corrected chi connectivity index (χ0v) is 19.0. The molecule has 2 aliphatic heterocycles. The first-order valence-corrected chi connectivity index (χ1v) is 11.3. The van der Waals surface area contributed by atoms with Gasteiger partial charge in [-0.1, -0.05) is 38.8 Å². The van der Waals surface area contributed by atoms with Crippen LogP contribution < -0.4 is 5.32 Å². The SMILES string of the molecule is Cc1oc(C(C)(C)C)cc1C(=O)N1CCC2(CC1)CC(OC(=O)NC1CCCC1)=NO2. The first-order chi connectivity index (χ1) is 14.7. The number of nitrogens with one attached hydrogen (secondary N) is 1. The number of aryl methyl sites for hydroxylation is 1. The Balaban J connectivity index is 1.29. The third-order valence-electron chi connectivity index (χ3n) is 6.55. The van der Waals surface area contributed by atoms with E-state index in [2.05, 4.69) is 31.2 Å². The summed E-state index contributed by atoms with van der Waals surface area (Å²) in [7, 11) is 0. The minimum Gasteiger partial charge on any atom is -0.465 e. The van der Waals surface area contributed by atoms with Crippen molar-refractivity contribution >= 4 is 17.9 Å². The lowest BCUT2D eigenvalue weighted by molar-refractivity contribution is -0.0568. The lowest BCUT2D eigenvalue weighted by atomic mass is 9.88. The second-order valence-corrected chi connectivity index (χ2v) is 10.1. The number of furan rings is 1. The summed E-state index contributed by atoms with van der Waals surface area (Å²) in [6.07, 6.45) is 5.56. The largest absolute Gasteiger partial charge is 0.465 e. The van der Waals surface area contributed by atoms with Crippen LogP contribution in [0.2, 0.25) is 0 Å². The first kappa shape index (κ1) is 21.7. The molecule has 2 fully saturated rings. The van der Waals surface area contributed by atoms with Crippen molar-refractivity contribution in [3.63, 3.8) is 0 Å². The summed E-state index contributed by atoms with van der Waals surface area (Å²) in [5.41, 5.74) is -0.0240. The lowest BCUT2D eigenvalue weighted by Crippen LogP contribution is -2.47. The molecule has 3 heterocycles. The van der Waals surface area contributed by atoms with Crippen molar-refractivity contribution in [1.29, 1.82) is 0 Å². The van der Waals surface area contributed by atoms with Crippen LogP contribution in [0, 0.1) is 6.92 Å². The Morgan fingerprint density at radius 2 is 1.90 bits per heavy atom. The number of ether oxygens (including phenoxy) is 1. The zero-order chi connectivity index (χ0) is 22.2. The van der Waals surface area contributed by atoms with Gasteiger partial charge in [-0.3, -0.25) is 4.79 Å². The van der Waals surface area contributed by atoms with Gasteiger partial charge in [0.15, 0.2) is 0 Å². The maximum Gasteiger partial charge on any atom is 0.414 e. The number of likely N-dealkylation sites (tertiary alicyclic amines) is 1. The van der Waals surface area contributed by atoms with E-state index in [9.17, 15) is 9.59 Å². The Morgan fingerprint density at radius 1 is 1.23 bits per heavy atom. The van der Waals surface area contributed by atoms with Gasteiger partial charge in [0.25, 0.3) is 5.91 Å². The molecule has 1 saturated heterocycles. The summed E-state index contributed by atoms with van der Waals surface area (Å²) < 4.78 is 11.2. The van der Waals surface area contributed by atoms with Crippen molar-refractivity contribution in [3.05, 3.63) is 23.2 Å². The van der Waals surface area contributed by atoms with Crippen LogP contribution in [0.25, 0.3) is 0 Å². The molecule has 1 aliphatic carbocycles. The van der Waals surface area contributed by atoms with Gasteiger partial charge in [0.05, 0.1) is 12.0 Å². The van der Waals surface area contributed by atoms with Crippen LogP contribution >= 0.6 is 0 Å². The van der Waals surface area contributed by atoms with Crippen molar-refractivity contribution in [1.82, 2.24) is 10.2 Å². The Labute approximate surface area is 183 Å². The number of rotatable bonds is 2. The van der Waals surface area contributed by atoms with Gasteiger partial charge < -0.3 is 24.2 Å². The molecule has 0 atom stereocenters.